The Balaban J connectivity index is 1.72. The van der Waals surface area contributed by atoms with Gasteiger partial charge in [0, 0.05) is 30.1 Å². The first kappa shape index (κ1) is 21.9. The first-order chi connectivity index (χ1) is 14.8. The van der Waals surface area contributed by atoms with Crippen molar-refractivity contribution in [3.05, 3.63) is 63.2 Å². The Morgan fingerprint density at radius 3 is 2.65 bits per heavy atom. The molecule has 3 aromatic heterocycles. The van der Waals surface area contributed by atoms with Crippen molar-refractivity contribution in [1.82, 2.24) is 25.4 Å². The molecule has 0 aromatic carbocycles. The summed E-state index contributed by atoms with van der Waals surface area (Å²) in [5.74, 6) is 0.599. The van der Waals surface area contributed by atoms with E-state index in [-0.39, 0.29) is 23.8 Å². The molecule has 3 rings (SSSR count). The second-order valence-corrected chi connectivity index (χ2v) is 7.65. The predicted molar refractivity (Wildman–Crippen MR) is 113 cm³/mol. The first-order valence-corrected chi connectivity index (χ1v) is 9.97. The van der Waals surface area contributed by atoms with E-state index in [2.05, 4.69) is 25.4 Å². The minimum absolute atomic E-state index is 0.0245. The Morgan fingerprint density at radius 2 is 2.00 bits per heavy atom. The van der Waals surface area contributed by atoms with Gasteiger partial charge in [-0.3, -0.25) is 14.6 Å². The number of aromatic nitrogens is 4. The Hall–Kier alpha value is -3.80. The fourth-order valence-electron chi connectivity index (χ4n) is 3.40. The van der Waals surface area contributed by atoms with Crippen molar-refractivity contribution >= 4 is 5.91 Å². The number of hydrogen-bond donors (Lipinski definition) is 2. The minimum Gasteiger partial charge on any atom is -0.344 e. The molecule has 0 saturated heterocycles. The van der Waals surface area contributed by atoms with Gasteiger partial charge in [0.2, 0.25) is 17.6 Å². The Morgan fingerprint density at radius 1 is 1.29 bits per heavy atom. The van der Waals surface area contributed by atoms with Gasteiger partial charge in [0.25, 0.3) is 5.56 Å². The zero-order valence-electron chi connectivity index (χ0n) is 17.9. The maximum atomic E-state index is 12.7. The second-order valence-electron chi connectivity index (χ2n) is 7.65. The SMILES string of the molecule is Cc1[nH]c(=O)c(C#N)c(C)c1CCC(=O)NC(c1nc(-c2ccncc2)no1)C(C)C. The summed E-state index contributed by atoms with van der Waals surface area (Å²) < 4.78 is 5.42. The van der Waals surface area contributed by atoms with Crippen LogP contribution in [-0.2, 0) is 11.2 Å². The highest BCUT2D eigenvalue weighted by Crippen LogP contribution is 2.24. The number of nitrogens with one attached hydrogen (secondary N) is 2. The highest BCUT2D eigenvalue weighted by Gasteiger charge is 2.25. The van der Waals surface area contributed by atoms with E-state index in [9.17, 15) is 14.9 Å². The zero-order valence-corrected chi connectivity index (χ0v) is 17.9. The summed E-state index contributed by atoms with van der Waals surface area (Å²) >= 11 is 0. The molecular weight excluding hydrogens is 396 g/mol. The van der Waals surface area contributed by atoms with Crippen LogP contribution >= 0.6 is 0 Å². The summed E-state index contributed by atoms with van der Waals surface area (Å²) in [6, 6.07) is 5.05. The molecule has 3 heterocycles. The van der Waals surface area contributed by atoms with Gasteiger partial charge in [-0.2, -0.15) is 10.2 Å². The topological polar surface area (TPSA) is 138 Å². The molecule has 1 amide bonds. The number of pyridine rings is 2. The molecule has 0 aliphatic heterocycles. The number of carbonyl (C=O) groups is 1. The number of H-pyrrole nitrogens is 1. The molecule has 1 atom stereocenters. The fraction of sp³-hybridized carbons (Fsp3) is 0.364. The highest BCUT2D eigenvalue weighted by molar-refractivity contribution is 5.76. The van der Waals surface area contributed by atoms with E-state index in [0.717, 1.165) is 11.1 Å². The second kappa shape index (κ2) is 9.34. The molecule has 9 nitrogen and oxygen atoms in total. The standard InChI is InChI=1S/C22H24N6O3/c1-12(2)19(22-27-20(28-31-22)15-7-9-24-10-8-15)26-18(29)6-5-16-13(3)17(11-23)21(30)25-14(16)4/h7-10,12,19H,5-6H2,1-4H3,(H,25,30)(H,26,29). The monoisotopic (exact) mass is 420 g/mol. The first-order valence-electron chi connectivity index (χ1n) is 9.97. The van der Waals surface area contributed by atoms with E-state index in [0.29, 0.717) is 29.4 Å². The smallest absolute Gasteiger partial charge is 0.266 e. The average molecular weight is 420 g/mol. The molecule has 0 aliphatic carbocycles. The molecule has 0 spiro atoms. The summed E-state index contributed by atoms with van der Waals surface area (Å²) in [7, 11) is 0. The van der Waals surface area contributed by atoms with Crippen LogP contribution in [0, 0.1) is 31.1 Å². The molecule has 0 aliphatic rings. The van der Waals surface area contributed by atoms with Crippen LogP contribution < -0.4 is 10.9 Å². The van der Waals surface area contributed by atoms with Crippen molar-refractivity contribution in [1.29, 1.82) is 5.26 Å². The van der Waals surface area contributed by atoms with Crippen molar-refractivity contribution in [3.8, 4) is 17.5 Å². The molecule has 9 heteroatoms. The van der Waals surface area contributed by atoms with Crippen molar-refractivity contribution in [2.75, 3.05) is 0 Å². The van der Waals surface area contributed by atoms with E-state index in [1.807, 2.05) is 19.9 Å². The van der Waals surface area contributed by atoms with Gasteiger partial charge in [-0.05, 0) is 49.4 Å². The van der Waals surface area contributed by atoms with Crippen LogP contribution in [0.25, 0.3) is 11.4 Å². The molecule has 0 fully saturated rings. The van der Waals surface area contributed by atoms with Crippen LogP contribution in [0.5, 0.6) is 0 Å². The number of amides is 1. The quantitative estimate of drug-likeness (QED) is 0.599. The van der Waals surface area contributed by atoms with Crippen molar-refractivity contribution < 1.29 is 9.32 Å². The Labute approximate surface area is 179 Å². The van der Waals surface area contributed by atoms with Gasteiger partial charge >= 0.3 is 0 Å². The third-order valence-corrected chi connectivity index (χ3v) is 5.15. The average Bonchev–Trinajstić information content (AvgIpc) is 3.22. The normalized spacial score (nSPS) is 11.9. The van der Waals surface area contributed by atoms with Gasteiger partial charge in [-0.15, -0.1) is 0 Å². The Bertz CT molecular complexity index is 1170. The minimum atomic E-state index is -0.442. The summed E-state index contributed by atoms with van der Waals surface area (Å²) in [6.07, 6.45) is 3.87. The van der Waals surface area contributed by atoms with Gasteiger partial charge in [0.05, 0.1) is 0 Å². The van der Waals surface area contributed by atoms with Crippen LogP contribution in [0.15, 0.2) is 33.8 Å². The summed E-state index contributed by atoms with van der Waals surface area (Å²) in [6.45, 7) is 7.40. The number of aromatic amines is 1. The summed E-state index contributed by atoms with van der Waals surface area (Å²) in [5.41, 5.74) is 2.51. The van der Waals surface area contributed by atoms with Crippen molar-refractivity contribution in [2.24, 2.45) is 5.92 Å². The van der Waals surface area contributed by atoms with E-state index in [4.69, 9.17) is 4.52 Å². The third-order valence-electron chi connectivity index (χ3n) is 5.15. The van der Waals surface area contributed by atoms with Gasteiger partial charge < -0.3 is 14.8 Å². The lowest BCUT2D eigenvalue weighted by Crippen LogP contribution is -2.32. The van der Waals surface area contributed by atoms with E-state index < -0.39 is 11.6 Å². The molecule has 160 valence electrons. The van der Waals surface area contributed by atoms with Crippen molar-refractivity contribution in [3.63, 3.8) is 0 Å². The third kappa shape index (κ3) is 4.86. The number of nitrogens with zero attached hydrogens (tertiary/aromatic N) is 4. The molecule has 0 radical (unpaired) electrons. The van der Waals surface area contributed by atoms with Gasteiger partial charge in [0.15, 0.2) is 0 Å². The number of carbonyl (C=O) groups excluding carboxylic acids is 1. The fourth-order valence-corrected chi connectivity index (χ4v) is 3.40. The van der Waals surface area contributed by atoms with Crippen molar-refractivity contribution in [2.45, 2.75) is 46.6 Å². The molecule has 0 bridgehead atoms. The number of aryl methyl sites for hydroxylation is 1. The van der Waals surface area contributed by atoms with E-state index in [1.165, 1.54) is 0 Å². The van der Waals surface area contributed by atoms with E-state index in [1.54, 1.807) is 38.4 Å². The van der Waals surface area contributed by atoms with Crippen LogP contribution in [0.2, 0.25) is 0 Å². The molecule has 0 saturated carbocycles. The lowest BCUT2D eigenvalue weighted by Gasteiger charge is -2.19. The maximum absolute atomic E-state index is 12.7. The predicted octanol–water partition coefficient (Wildman–Crippen LogP) is 2.75. The van der Waals surface area contributed by atoms with Gasteiger partial charge in [-0.25, -0.2) is 0 Å². The number of nitriles is 1. The zero-order chi connectivity index (χ0) is 22.5. The summed E-state index contributed by atoms with van der Waals surface area (Å²) in [5, 5.41) is 16.2. The molecule has 2 N–H and O–H groups in total. The lowest BCUT2D eigenvalue weighted by molar-refractivity contribution is -0.122. The Kier molecular flexibility index (Phi) is 6.60. The highest BCUT2D eigenvalue weighted by atomic mass is 16.5. The lowest BCUT2D eigenvalue weighted by atomic mass is 9.98. The van der Waals surface area contributed by atoms with Crippen LogP contribution in [-0.4, -0.2) is 26.0 Å². The number of hydrogen-bond acceptors (Lipinski definition) is 7. The van der Waals surface area contributed by atoms with Gasteiger partial charge in [0.1, 0.15) is 17.7 Å². The molecule has 31 heavy (non-hydrogen) atoms. The maximum Gasteiger partial charge on any atom is 0.266 e. The van der Waals surface area contributed by atoms with Gasteiger partial charge in [-0.1, -0.05) is 19.0 Å². The molecule has 1 unspecified atom stereocenters. The molecule has 3 aromatic rings. The van der Waals surface area contributed by atoms with Crippen LogP contribution in [0.4, 0.5) is 0 Å². The van der Waals surface area contributed by atoms with Crippen LogP contribution in [0.3, 0.4) is 0 Å². The van der Waals surface area contributed by atoms with E-state index >= 15 is 0 Å². The molecular formula is C22H24N6O3. The summed E-state index contributed by atoms with van der Waals surface area (Å²) in [4.78, 5) is 35.6. The van der Waals surface area contributed by atoms with Crippen LogP contribution in [0.1, 0.15) is 54.6 Å². The number of rotatable bonds is 7. The largest absolute Gasteiger partial charge is 0.344 e.